The lowest BCUT2D eigenvalue weighted by molar-refractivity contribution is 0.0924. The zero-order valence-electron chi connectivity index (χ0n) is 12.2. The molecule has 0 aliphatic heterocycles. The first-order valence-electron chi connectivity index (χ1n) is 7.00. The van der Waals surface area contributed by atoms with Crippen molar-refractivity contribution in [2.24, 2.45) is 0 Å². The van der Waals surface area contributed by atoms with Gasteiger partial charge in [-0.2, -0.15) is 5.10 Å². The lowest BCUT2D eigenvalue weighted by Gasteiger charge is -2.05. The fourth-order valence-corrected chi connectivity index (χ4v) is 2.16. The molecule has 1 amide bonds. The molecule has 0 saturated carbocycles. The first-order valence-corrected chi connectivity index (χ1v) is 7.00. The van der Waals surface area contributed by atoms with Gasteiger partial charge in [-0.25, -0.2) is 0 Å². The first-order chi connectivity index (χ1) is 10.7. The number of carbonyl (C=O) groups is 1. The van der Waals surface area contributed by atoms with Crippen LogP contribution in [0.2, 0.25) is 0 Å². The highest BCUT2D eigenvalue weighted by Crippen LogP contribution is 2.17. The molecule has 0 unspecified atom stereocenters. The number of hydrogen-bond acceptors (Lipinski definition) is 4. The topological polar surface area (TPSA) is 73.0 Å². The second kappa shape index (κ2) is 6.26. The minimum Gasteiger partial charge on any atom is -0.459 e. The minimum atomic E-state index is -0.220. The van der Waals surface area contributed by atoms with Gasteiger partial charge in [0.15, 0.2) is 5.76 Å². The molecule has 0 atom stereocenters. The number of furan rings is 1. The van der Waals surface area contributed by atoms with Crippen molar-refractivity contribution in [1.82, 2.24) is 20.1 Å². The monoisotopic (exact) mass is 296 g/mol. The molecule has 3 aromatic rings. The second-order valence-corrected chi connectivity index (χ2v) is 4.87. The lowest BCUT2D eigenvalue weighted by Crippen LogP contribution is -2.27. The Morgan fingerprint density at radius 2 is 2.27 bits per heavy atom. The average molecular weight is 296 g/mol. The molecule has 6 heteroatoms. The number of carbonyl (C=O) groups excluding carboxylic acids is 1. The Bertz CT molecular complexity index is 748. The number of nitrogens with zero attached hydrogens (tertiary/aromatic N) is 3. The number of aryl methyl sites for hydroxylation is 1. The van der Waals surface area contributed by atoms with Gasteiger partial charge in [0.1, 0.15) is 0 Å². The van der Waals surface area contributed by atoms with Crippen molar-refractivity contribution >= 4 is 5.91 Å². The maximum absolute atomic E-state index is 11.8. The third kappa shape index (κ3) is 3.06. The van der Waals surface area contributed by atoms with E-state index in [0.717, 1.165) is 17.0 Å². The molecule has 0 aliphatic rings. The van der Waals surface area contributed by atoms with Gasteiger partial charge in [0.25, 0.3) is 5.91 Å². The van der Waals surface area contributed by atoms with Crippen LogP contribution in [0.1, 0.15) is 16.2 Å². The summed E-state index contributed by atoms with van der Waals surface area (Å²) < 4.78 is 6.91. The average Bonchev–Trinajstić information content (AvgIpc) is 3.18. The summed E-state index contributed by atoms with van der Waals surface area (Å²) in [5.74, 6) is 0.0931. The van der Waals surface area contributed by atoms with E-state index in [1.165, 1.54) is 6.26 Å². The van der Waals surface area contributed by atoms with Gasteiger partial charge in [-0.3, -0.25) is 14.5 Å². The smallest absolute Gasteiger partial charge is 0.287 e. The van der Waals surface area contributed by atoms with Crippen molar-refractivity contribution in [2.45, 2.75) is 13.5 Å². The van der Waals surface area contributed by atoms with Crippen molar-refractivity contribution in [3.05, 3.63) is 60.4 Å². The van der Waals surface area contributed by atoms with Crippen LogP contribution >= 0.6 is 0 Å². The van der Waals surface area contributed by atoms with E-state index < -0.39 is 0 Å². The van der Waals surface area contributed by atoms with Gasteiger partial charge in [-0.1, -0.05) is 0 Å². The van der Waals surface area contributed by atoms with Gasteiger partial charge in [0, 0.05) is 30.2 Å². The molecule has 6 nitrogen and oxygen atoms in total. The van der Waals surface area contributed by atoms with Crippen molar-refractivity contribution in [2.75, 3.05) is 6.54 Å². The highest BCUT2D eigenvalue weighted by molar-refractivity contribution is 5.91. The van der Waals surface area contributed by atoms with Gasteiger partial charge in [0.05, 0.1) is 18.5 Å². The van der Waals surface area contributed by atoms with Crippen LogP contribution in [0.15, 0.2) is 53.4 Å². The third-order valence-corrected chi connectivity index (χ3v) is 3.29. The maximum atomic E-state index is 11.8. The van der Waals surface area contributed by atoms with Gasteiger partial charge < -0.3 is 9.73 Å². The van der Waals surface area contributed by atoms with E-state index in [0.29, 0.717) is 18.8 Å². The molecule has 3 heterocycles. The molecule has 0 fully saturated rings. The van der Waals surface area contributed by atoms with Gasteiger partial charge in [-0.15, -0.1) is 0 Å². The molecule has 0 saturated heterocycles. The maximum Gasteiger partial charge on any atom is 0.287 e. The Labute approximate surface area is 127 Å². The summed E-state index contributed by atoms with van der Waals surface area (Å²) in [7, 11) is 0. The Morgan fingerprint density at radius 1 is 1.36 bits per heavy atom. The van der Waals surface area contributed by atoms with Crippen LogP contribution < -0.4 is 5.32 Å². The number of aromatic nitrogens is 3. The standard InChI is InChI=1S/C16H16N4O2/c1-12-10-14(13-4-2-6-17-11-13)19-20(12)8-7-18-16(21)15-5-3-9-22-15/h2-6,9-11H,7-8H2,1H3,(H,18,21). The summed E-state index contributed by atoms with van der Waals surface area (Å²) in [5, 5.41) is 7.35. The molecule has 0 radical (unpaired) electrons. The molecular formula is C16H16N4O2. The molecule has 22 heavy (non-hydrogen) atoms. The van der Waals surface area contributed by atoms with Crippen LogP contribution in [-0.4, -0.2) is 27.2 Å². The van der Waals surface area contributed by atoms with E-state index >= 15 is 0 Å². The molecule has 0 spiro atoms. The molecule has 0 aliphatic carbocycles. The zero-order valence-corrected chi connectivity index (χ0v) is 12.2. The van der Waals surface area contributed by atoms with Gasteiger partial charge in [-0.05, 0) is 37.3 Å². The number of hydrogen-bond donors (Lipinski definition) is 1. The van der Waals surface area contributed by atoms with E-state index in [1.54, 1.807) is 24.5 Å². The van der Waals surface area contributed by atoms with Crippen LogP contribution in [0.3, 0.4) is 0 Å². The van der Waals surface area contributed by atoms with Crippen LogP contribution in [0.5, 0.6) is 0 Å². The van der Waals surface area contributed by atoms with E-state index in [9.17, 15) is 4.79 Å². The molecular weight excluding hydrogens is 280 g/mol. The summed E-state index contributed by atoms with van der Waals surface area (Å²) in [5.41, 5.74) is 2.89. The largest absolute Gasteiger partial charge is 0.459 e. The molecule has 0 bridgehead atoms. The minimum absolute atomic E-state index is 0.220. The fourth-order valence-electron chi connectivity index (χ4n) is 2.16. The summed E-state index contributed by atoms with van der Waals surface area (Å²) >= 11 is 0. The number of pyridine rings is 1. The molecule has 3 rings (SSSR count). The first kappa shape index (κ1) is 14.1. The van der Waals surface area contributed by atoms with E-state index in [-0.39, 0.29) is 5.91 Å². The van der Waals surface area contributed by atoms with E-state index in [2.05, 4.69) is 15.4 Å². The normalized spacial score (nSPS) is 10.6. The van der Waals surface area contributed by atoms with E-state index in [4.69, 9.17) is 4.42 Å². The van der Waals surface area contributed by atoms with Crippen molar-refractivity contribution < 1.29 is 9.21 Å². The highest BCUT2D eigenvalue weighted by atomic mass is 16.3. The van der Waals surface area contributed by atoms with Crippen molar-refractivity contribution in [3.63, 3.8) is 0 Å². The Morgan fingerprint density at radius 3 is 3.00 bits per heavy atom. The molecule has 3 aromatic heterocycles. The number of rotatable bonds is 5. The SMILES string of the molecule is Cc1cc(-c2cccnc2)nn1CCNC(=O)c1ccco1. The fraction of sp³-hybridized carbons (Fsp3) is 0.188. The molecule has 1 N–H and O–H groups in total. The summed E-state index contributed by atoms with van der Waals surface area (Å²) in [6, 6.07) is 9.18. The third-order valence-electron chi connectivity index (χ3n) is 3.29. The van der Waals surface area contributed by atoms with Crippen LogP contribution in [0.25, 0.3) is 11.3 Å². The Kier molecular flexibility index (Phi) is 4.00. The quantitative estimate of drug-likeness (QED) is 0.784. The van der Waals surface area contributed by atoms with E-state index in [1.807, 2.05) is 29.8 Å². The van der Waals surface area contributed by atoms with Crippen molar-refractivity contribution in [3.8, 4) is 11.3 Å². The summed E-state index contributed by atoms with van der Waals surface area (Å²) in [4.78, 5) is 15.9. The van der Waals surface area contributed by atoms with Gasteiger partial charge >= 0.3 is 0 Å². The highest BCUT2D eigenvalue weighted by Gasteiger charge is 2.09. The summed E-state index contributed by atoms with van der Waals surface area (Å²) in [6.45, 7) is 3.06. The predicted molar refractivity (Wildman–Crippen MR) is 81.2 cm³/mol. The van der Waals surface area contributed by atoms with Crippen molar-refractivity contribution in [1.29, 1.82) is 0 Å². The zero-order chi connectivity index (χ0) is 15.4. The number of nitrogens with one attached hydrogen (secondary N) is 1. The van der Waals surface area contributed by atoms with Crippen LogP contribution in [0, 0.1) is 6.92 Å². The van der Waals surface area contributed by atoms with Crippen LogP contribution in [-0.2, 0) is 6.54 Å². The lowest BCUT2D eigenvalue weighted by atomic mass is 10.2. The Balaban J connectivity index is 1.61. The molecule has 0 aromatic carbocycles. The summed E-state index contributed by atoms with van der Waals surface area (Å²) in [6.07, 6.45) is 5.00. The Hall–Kier alpha value is -2.89. The predicted octanol–water partition coefficient (Wildman–Crippen LogP) is 2.28. The van der Waals surface area contributed by atoms with Crippen LogP contribution in [0.4, 0.5) is 0 Å². The van der Waals surface area contributed by atoms with Gasteiger partial charge in [0.2, 0.25) is 0 Å². The second-order valence-electron chi connectivity index (χ2n) is 4.87. The molecule has 112 valence electrons. The number of amides is 1.